The van der Waals surface area contributed by atoms with Crippen LogP contribution in [-0.4, -0.2) is 37.0 Å². The molecular formula is C32H64O4. The van der Waals surface area contributed by atoms with Crippen molar-refractivity contribution < 1.29 is 19.4 Å². The number of esters is 1. The fourth-order valence-corrected chi connectivity index (χ4v) is 4.74. The summed E-state index contributed by atoms with van der Waals surface area (Å²) >= 11 is 0. The van der Waals surface area contributed by atoms with Crippen LogP contribution in [0.2, 0.25) is 0 Å². The Morgan fingerprint density at radius 2 is 0.917 bits per heavy atom. The van der Waals surface area contributed by atoms with E-state index in [1.54, 1.807) is 0 Å². The van der Waals surface area contributed by atoms with Crippen LogP contribution >= 0.6 is 0 Å². The first-order valence-corrected chi connectivity index (χ1v) is 16.1. The molecule has 0 fully saturated rings. The summed E-state index contributed by atoms with van der Waals surface area (Å²) in [6.07, 6.45) is 31.3. The molecule has 1 N–H and O–H groups in total. The van der Waals surface area contributed by atoms with Crippen molar-refractivity contribution in [3.8, 4) is 0 Å². The van der Waals surface area contributed by atoms with Crippen LogP contribution in [0.5, 0.6) is 0 Å². The molecule has 0 aromatic heterocycles. The number of hydrogen-bond acceptors (Lipinski definition) is 4. The van der Waals surface area contributed by atoms with E-state index in [4.69, 9.17) is 9.47 Å². The zero-order chi connectivity index (χ0) is 26.4. The van der Waals surface area contributed by atoms with E-state index in [1.807, 2.05) is 0 Å². The van der Waals surface area contributed by atoms with Crippen LogP contribution in [0, 0.1) is 0 Å². The van der Waals surface area contributed by atoms with Crippen LogP contribution in [0.3, 0.4) is 0 Å². The maximum atomic E-state index is 12.0. The molecule has 0 bridgehead atoms. The number of rotatable bonds is 30. The van der Waals surface area contributed by atoms with E-state index in [0.717, 1.165) is 19.3 Å². The topological polar surface area (TPSA) is 55.8 Å². The lowest BCUT2D eigenvalue weighted by atomic mass is 10.0. The van der Waals surface area contributed by atoms with Crippen molar-refractivity contribution in [2.24, 2.45) is 0 Å². The van der Waals surface area contributed by atoms with E-state index in [9.17, 15) is 9.90 Å². The predicted octanol–water partition coefficient (Wildman–Crippen LogP) is 9.70. The molecule has 4 nitrogen and oxygen atoms in total. The fraction of sp³-hybridized carbons (Fsp3) is 0.969. The van der Waals surface area contributed by atoms with Crippen LogP contribution in [0.15, 0.2) is 0 Å². The Bertz CT molecular complexity index is 426. The number of unbranched alkanes of at least 4 members (excludes halogenated alkanes) is 22. The van der Waals surface area contributed by atoms with Gasteiger partial charge in [0.05, 0.1) is 13.2 Å². The zero-order valence-electron chi connectivity index (χ0n) is 24.5. The predicted molar refractivity (Wildman–Crippen MR) is 155 cm³/mol. The minimum absolute atomic E-state index is 0.164. The third kappa shape index (κ3) is 28.0. The normalized spacial score (nSPS) is 12.2. The Kier molecular flexibility index (Phi) is 30.1. The van der Waals surface area contributed by atoms with Gasteiger partial charge in [-0.2, -0.15) is 0 Å². The highest BCUT2D eigenvalue weighted by Gasteiger charge is 2.13. The first kappa shape index (κ1) is 35.4. The Labute approximate surface area is 225 Å². The number of ether oxygens (including phenoxy) is 2. The van der Waals surface area contributed by atoms with Crippen LogP contribution in [0.4, 0.5) is 0 Å². The molecular weight excluding hydrogens is 448 g/mol. The molecule has 0 aromatic carbocycles. The molecule has 0 aromatic rings. The second kappa shape index (κ2) is 30.6. The van der Waals surface area contributed by atoms with E-state index in [2.05, 4.69) is 13.8 Å². The van der Waals surface area contributed by atoms with Crippen molar-refractivity contribution in [1.82, 2.24) is 0 Å². The molecule has 0 aliphatic carbocycles. The molecule has 0 amide bonds. The Morgan fingerprint density at radius 1 is 0.556 bits per heavy atom. The molecule has 36 heavy (non-hydrogen) atoms. The molecule has 0 radical (unpaired) electrons. The van der Waals surface area contributed by atoms with Gasteiger partial charge in [0, 0.05) is 13.0 Å². The van der Waals surface area contributed by atoms with Crippen LogP contribution in [0.1, 0.15) is 174 Å². The van der Waals surface area contributed by atoms with E-state index >= 15 is 0 Å². The Balaban J connectivity index is 3.39. The second-order valence-corrected chi connectivity index (χ2v) is 10.9. The summed E-state index contributed by atoms with van der Waals surface area (Å²) in [6, 6.07) is 0. The lowest BCUT2D eigenvalue weighted by molar-refractivity contribution is -0.154. The molecule has 4 heteroatoms. The molecule has 216 valence electrons. The molecule has 0 aliphatic heterocycles. The van der Waals surface area contributed by atoms with Gasteiger partial charge in [-0.15, -0.1) is 0 Å². The molecule has 0 rings (SSSR count). The van der Waals surface area contributed by atoms with Gasteiger partial charge in [-0.25, -0.2) is 0 Å². The molecule has 1 unspecified atom stereocenters. The standard InChI is InChI=1S/C32H64O4/c1-3-5-7-9-11-13-15-16-17-18-20-22-24-26-28-35-30-31(29-33)36-32(34)27-25-23-21-19-14-12-10-8-6-4-2/h31,33H,3-30H2,1-2H3. The quantitative estimate of drug-likeness (QED) is 0.0768. The Hall–Kier alpha value is -0.610. The van der Waals surface area contributed by atoms with Crippen molar-refractivity contribution in [2.75, 3.05) is 19.8 Å². The van der Waals surface area contributed by atoms with E-state index in [1.165, 1.54) is 135 Å². The SMILES string of the molecule is CCCCCCCCCCCCCCCCOCC(CO)OC(=O)CCCCCCCCCCCC. The highest BCUT2D eigenvalue weighted by molar-refractivity contribution is 5.69. The van der Waals surface area contributed by atoms with Crippen LogP contribution < -0.4 is 0 Å². The highest BCUT2D eigenvalue weighted by Crippen LogP contribution is 2.14. The summed E-state index contributed by atoms with van der Waals surface area (Å²) in [7, 11) is 0. The van der Waals surface area contributed by atoms with Crippen molar-refractivity contribution >= 4 is 5.97 Å². The van der Waals surface area contributed by atoms with E-state index < -0.39 is 6.10 Å². The van der Waals surface area contributed by atoms with Gasteiger partial charge in [0.25, 0.3) is 0 Å². The van der Waals surface area contributed by atoms with Crippen LogP contribution in [-0.2, 0) is 14.3 Å². The lowest BCUT2D eigenvalue weighted by Gasteiger charge is -2.16. The van der Waals surface area contributed by atoms with Gasteiger partial charge in [-0.1, -0.05) is 155 Å². The zero-order valence-corrected chi connectivity index (χ0v) is 24.5. The molecule has 0 saturated carbocycles. The number of hydrogen-bond donors (Lipinski definition) is 1. The number of carbonyl (C=O) groups is 1. The maximum absolute atomic E-state index is 12.0. The maximum Gasteiger partial charge on any atom is 0.306 e. The van der Waals surface area contributed by atoms with Crippen LogP contribution in [0.25, 0.3) is 0 Å². The molecule has 0 aliphatic rings. The summed E-state index contributed by atoms with van der Waals surface area (Å²) in [4.78, 5) is 12.0. The summed E-state index contributed by atoms with van der Waals surface area (Å²) in [5.74, 6) is -0.200. The lowest BCUT2D eigenvalue weighted by Crippen LogP contribution is -2.27. The van der Waals surface area contributed by atoms with Gasteiger partial charge >= 0.3 is 5.97 Å². The Morgan fingerprint density at radius 3 is 1.31 bits per heavy atom. The molecule has 1 atom stereocenters. The fourth-order valence-electron chi connectivity index (χ4n) is 4.74. The van der Waals surface area contributed by atoms with Crippen molar-refractivity contribution in [3.05, 3.63) is 0 Å². The van der Waals surface area contributed by atoms with Gasteiger partial charge in [0.1, 0.15) is 6.10 Å². The minimum atomic E-state index is -0.521. The number of carbonyl (C=O) groups excluding carboxylic acids is 1. The third-order valence-electron chi connectivity index (χ3n) is 7.18. The summed E-state index contributed by atoms with van der Waals surface area (Å²) < 4.78 is 11.1. The monoisotopic (exact) mass is 512 g/mol. The van der Waals surface area contributed by atoms with Gasteiger partial charge in [0.15, 0.2) is 0 Å². The van der Waals surface area contributed by atoms with Crippen molar-refractivity contribution in [3.63, 3.8) is 0 Å². The first-order chi connectivity index (χ1) is 17.7. The smallest absolute Gasteiger partial charge is 0.306 e. The van der Waals surface area contributed by atoms with Crippen molar-refractivity contribution in [1.29, 1.82) is 0 Å². The van der Waals surface area contributed by atoms with Gasteiger partial charge in [-0.3, -0.25) is 4.79 Å². The average Bonchev–Trinajstić information content (AvgIpc) is 2.88. The van der Waals surface area contributed by atoms with Gasteiger partial charge < -0.3 is 14.6 Å². The average molecular weight is 513 g/mol. The van der Waals surface area contributed by atoms with E-state index in [0.29, 0.717) is 19.6 Å². The molecule has 0 saturated heterocycles. The molecule has 0 heterocycles. The number of aliphatic hydroxyl groups is 1. The summed E-state index contributed by atoms with van der Waals surface area (Å²) in [6.45, 7) is 5.35. The van der Waals surface area contributed by atoms with Crippen molar-refractivity contribution in [2.45, 2.75) is 180 Å². The second-order valence-electron chi connectivity index (χ2n) is 10.9. The highest BCUT2D eigenvalue weighted by atomic mass is 16.6. The summed E-state index contributed by atoms with van der Waals surface area (Å²) in [5.41, 5.74) is 0. The summed E-state index contributed by atoms with van der Waals surface area (Å²) in [5, 5.41) is 9.49. The van der Waals surface area contributed by atoms with Gasteiger partial charge in [0.2, 0.25) is 0 Å². The molecule has 0 spiro atoms. The largest absolute Gasteiger partial charge is 0.457 e. The van der Waals surface area contributed by atoms with Gasteiger partial charge in [-0.05, 0) is 12.8 Å². The van der Waals surface area contributed by atoms with E-state index in [-0.39, 0.29) is 12.6 Å². The third-order valence-corrected chi connectivity index (χ3v) is 7.18. The minimum Gasteiger partial charge on any atom is -0.457 e. The first-order valence-electron chi connectivity index (χ1n) is 16.1. The number of aliphatic hydroxyl groups excluding tert-OH is 1.